The number of carbonyl (C=O) groups is 1. The lowest BCUT2D eigenvalue weighted by Crippen LogP contribution is -2.38. The molecule has 1 amide bonds. The number of hydrogen-bond donors (Lipinski definition) is 1. The topological polar surface area (TPSA) is 84.2 Å². The lowest BCUT2D eigenvalue weighted by Gasteiger charge is -2.32. The molecular weight excluding hydrogens is 459 g/mol. The van der Waals surface area contributed by atoms with E-state index in [0.717, 1.165) is 24.1 Å². The fourth-order valence-electron chi connectivity index (χ4n) is 5.18. The molecule has 0 saturated carbocycles. The van der Waals surface area contributed by atoms with E-state index in [9.17, 15) is 9.18 Å². The Bertz CT molecular complexity index is 1580. The molecule has 1 fully saturated rings. The van der Waals surface area contributed by atoms with Crippen molar-refractivity contribution < 1.29 is 18.4 Å². The fourth-order valence-corrected chi connectivity index (χ4v) is 5.18. The first kappa shape index (κ1) is 22.3. The quantitative estimate of drug-likeness (QED) is 0.346. The number of pyridine rings is 1. The van der Waals surface area contributed by atoms with Crippen molar-refractivity contribution in [2.75, 3.05) is 20.2 Å². The summed E-state index contributed by atoms with van der Waals surface area (Å²) < 4.78 is 24.3. The summed E-state index contributed by atoms with van der Waals surface area (Å²) in [6.45, 7) is 3.08. The molecule has 182 valence electrons. The minimum Gasteiger partial charge on any atom is -0.497 e. The van der Waals surface area contributed by atoms with E-state index >= 15 is 0 Å². The third-order valence-electron chi connectivity index (χ3n) is 7.13. The molecule has 0 bridgehead atoms. The molecule has 7 nitrogen and oxygen atoms in total. The number of aromatic amines is 1. The Hall–Kier alpha value is -4.20. The number of hydrogen-bond acceptors (Lipinski definition) is 5. The number of aromatic nitrogens is 3. The Morgan fingerprint density at radius 2 is 1.92 bits per heavy atom. The molecule has 0 atom stereocenters. The van der Waals surface area contributed by atoms with Crippen LogP contribution in [0.5, 0.6) is 5.75 Å². The molecule has 1 aliphatic rings. The Balaban J connectivity index is 1.28. The zero-order valence-electron chi connectivity index (χ0n) is 20.0. The second-order valence-corrected chi connectivity index (χ2v) is 9.23. The SMILES string of the molecule is COc1ccc2[nH]cc(C3CCN(C(=O)c4cc(-c5ccc(F)cc5)nc5onc(C)c45)CC3)c2c1. The van der Waals surface area contributed by atoms with Crippen molar-refractivity contribution in [3.8, 4) is 17.0 Å². The van der Waals surface area contributed by atoms with Crippen LogP contribution in [0.4, 0.5) is 4.39 Å². The molecule has 5 aromatic rings. The normalized spacial score (nSPS) is 14.6. The van der Waals surface area contributed by atoms with E-state index in [1.165, 1.54) is 23.1 Å². The third-order valence-corrected chi connectivity index (χ3v) is 7.13. The number of methoxy groups -OCH3 is 1. The van der Waals surface area contributed by atoms with Gasteiger partial charge in [-0.15, -0.1) is 0 Å². The zero-order chi connectivity index (χ0) is 24.8. The highest BCUT2D eigenvalue weighted by atomic mass is 19.1. The van der Waals surface area contributed by atoms with Crippen molar-refractivity contribution in [2.45, 2.75) is 25.7 Å². The van der Waals surface area contributed by atoms with Gasteiger partial charge in [-0.05, 0) is 79.8 Å². The third kappa shape index (κ3) is 3.79. The summed E-state index contributed by atoms with van der Waals surface area (Å²) in [5.41, 5.74) is 5.03. The van der Waals surface area contributed by atoms with Gasteiger partial charge in [0.15, 0.2) is 0 Å². The van der Waals surface area contributed by atoms with Gasteiger partial charge in [-0.1, -0.05) is 5.16 Å². The Kier molecular flexibility index (Phi) is 5.44. The van der Waals surface area contributed by atoms with Crippen molar-refractivity contribution >= 4 is 27.9 Å². The number of ether oxygens (including phenoxy) is 1. The molecule has 8 heteroatoms. The predicted molar refractivity (Wildman–Crippen MR) is 135 cm³/mol. The van der Waals surface area contributed by atoms with Gasteiger partial charge in [-0.2, -0.15) is 0 Å². The maximum atomic E-state index is 13.7. The van der Waals surface area contributed by atoms with Crippen LogP contribution in [0.15, 0.2) is 59.3 Å². The van der Waals surface area contributed by atoms with E-state index in [-0.39, 0.29) is 11.7 Å². The van der Waals surface area contributed by atoms with Crippen LogP contribution in [0.1, 0.15) is 40.4 Å². The summed E-state index contributed by atoms with van der Waals surface area (Å²) in [6, 6.07) is 13.8. The van der Waals surface area contributed by atoms with Crippen molar-refractivity contribution in [3.05, 3.63) is 77.4 Å². The first-order valence-electron chi connectivity index (χ1n) is 12.0. The van der Waals surface area contributed by atoms with E-state index in [1.54, 1.807) is 32.2 Å². The number of benzene rings is 2. The molecule has 4 heterocycles. The van der Waals surface area contributed by atoms with Crippen molar-refractivity contribution in [1.82, 2.24) is 20.0 Å². The van der Waals surface area contributed by atoms with E-state index in [2.05, 4.69) is 27.4 Å². The van der Waals surface area contributed by atoms with Gasteiger partial charge in [0.1, 0.15) is 11.6 Å². The highest BCUT2D eigenvalue weighted by Crippen LogP contribution is 2.36. The van der Waals surface area contributed by atoms with Crippen molar-refractivity contribution in [3.63, 3.8) is 0 Å². The van der Waals surface area contributed by atoms with E-state index in [4.69, 9.17) is 9.26 Å². The number of nitrogens with one attached hydrogen (secondary N) is 1. The first-order chi connectivity index (χ1) is 17.5. The molecule has 1 aliphatic heterocycles. The van der Waals surface area contributed by atoms with Crippen LogP contribution in [0.3, 0.4) is 0 Å². The average Bonchev–Trinajstić information content (AvgIpc) is 3.51. The smallest absolute Gasteiger partial charge is 0.259 e. The molecule has 0 spiro atoms. The standard InChI is InChI=1S/C28H25FN4O3/c1-16-26-22(14-25(31-27(26)36-32-16)18-3-5-19(29)6-4-18)28(34)33-11-9-17(10-12-33)23-15-30-24-8-7-20(35-2)13-21(23)24/h3-8,13-15,17,30H,9-12H2,1-2H3. The minimum absolute atomic E-state index is 0.0730. The molecule has 1 saturated heterocycles. The van der Waals surface area contributed by atoms with Crippen LogP contribution in [0.25, 0.3) is 33.3 Å². The lowest BCUT2D eigenvalue weighted by atomic mass is 9.89. The number of fused-ring (bicyclic) bond motifs is 2. The second kappa shape index (κ2) is 8.78. The summed E-state index contributed by atoms with van der Waals surface area (Å²) in [7, 11) is 1.67. The van der Waals surface area contributed by atoms with E-state index in [0.29, 0.717) is 52.6 Å². The monoisotopic (exact) mass is 484 g/mol. The van der Waals surface area contributed by atoms with Crippen molar-refractivity contribution in [1.29, 1.82) is 0 Å². The summed E-state index contributed by atoms with van der Waals surface area (Å²) in [5, 5.41) is 5.83. The number of halogens is 1. The van der Waals surface area contributed by atoms with Gasteiger partial charge in [-0.3, -0.25) is 4.79 Å². The molecule has 0 aliphatic carbocycles. The summed E-state index contributed by atoms with van der Waals surface area (Å²) in [5.74, 6) is 0.775. The van der Waals surface area contributed by atoms with Gasteiger partial charge in [0.25, 0.3) is 11.6 Å². The molecule has 0 unspecified atom stereocenters. The second-order valence-electron chi connectivity index (χ2n) is 9.23. The lowest BCUT2D eigenvalue weighted by molar-refractivity contribution is 0.0715. The number of amides is 1. The Morgan fingerprint density at radius 1 is 1.14 bits per heavy atom. The number of H-pyrrole nitrogens is 1. The predicted octanol–water partition coefficient (Wildman–Crippen LogP) is 5.85. The van der Waals surface area contributed by atoms with Crippen LogP contribution >= 0.6 is 0 Å². The van der Waals surface area contributed by atoms with Crippen molar-refractivity contribution in [2.24, 2.45) is 0 Å². The summed E-state index contributed by atoms with van der Waals surface area (Å²) in [6.07, 6.45) is 3.79. The number of likely N-dealkylation sites (tertiary alicyclic amines) is 1. The maximum absolute atomic E-state index is 13.7. The van der Waals surface area contributed by atoms with Crippen LogP contribution in [0.2, 0.25) is 0 Å². The van der Waals surface area contributed by atoms with Gasteiger partial charge in [0, 0.05) is 35.8 Å². The highest BCUT2D eigenvalue weighted by molar-refractivity contribution is 6.07. The van der Waals surface area contributed by atoms with Gasteiger partial charge in [-0.25, -0.2) is 9.37 Å². The highest BCUT2D eigenvalue weighted by Gasteiger charge is 2.29. The molecule has 1 N–H and O–H groups in total. The van der Waals surface area contributed by atoms with Crippen LogP contribution in [-0.2, 0) is 0 Å². The largest absolute Gasteiger partial charge is 0.497 e. The van der Waals surface area contributed by atoms with Gasteiger partial charge in [0.05, 0.1) is 29.4 Å². The molecule has 36 heavy (non-hydrogen) atoms. The summed E-state index contributed by atoms with van der Waals surface area (Å²) in [4.78, 5) is 23.5. The Morgan fingerprint density at radius 3 is 2.67 bits per heavy atom. The number of nitrogens with zero attached hydrogens (tertiary/aromatic N) is 3. The van der Waals surface area contributed by atoms with Crippen LogP contribution in [0, 0.1) is 12.7 Å². The minimum atomic E-state index is -0.330. The fraction of sp³-hybridized carbons (Fsp3) is 0.250. The zero-order valence-corrected chi connectivity index (χ0v) is 20.0. The summed E-state index contributed by atoms with van der Waals surface area (Å²) >= 11 is 0. The molecule has 2 aromatic carbocycles. The van der Waals surface area contributed by atoms with E-state index < -0.39 is 0 Å². The number of rotatable bonds is 4. The Labute approximate surface area is 206 Å². The number of carbonyl (C=O) groups excluding carboxylic acids is 1. The van der Waals surface area contributed by atoms with Gasteiger partial charge >= 0.3 is 0 Å². The van der Waals surface area contributed by atoms with Gasteiger partial charge in [0.2, 0.25) is 0 Å². The van der Waals surface area contributed by atoms with Gasteiger partial charge < -0.3 is 19.1 Å². The van der Waals surface area contributed by atoms with E-state index in [1.807, 2.05) is 17.0 Å². The molecule has 6 rings (SSSR count). The van der Waals surface area contributed by atoms with Crippen LogP contribution in [-0.4, -0.2) is 46.1 Å². The molecule has 0 radical (unpaired) electrons. The molecule has 3 aromatic heterocycles. The number of aryl methyl sites for hydroxylation is 1. The maximum Gasteiger partial charge on any atom is 0.259 e. The first-order valence-corrected chi connectivity index (χ1v) is 12.0. The average molecular weight is 485 g/mol. The molecular formula is C28H25FN4O3. The number of piperidine rings is 1. The van der Waals surface area contributed by atoms with Crippen LogP contribution < -0.4 is 4.74 Å².